The summed E-state index contributed by atoms with van der Waals surface area (Å²) in [5.74, 6) is -3.62. The van der Waals surface area contributed by atoms with Crippen molar-refractivity contribution in [3.8, 4) is 0 Å². The largest absolute Gasteiger partial charge is 0.461 e. The van der Waals surface area contributed by atoms with Gasteiger partial charge in [-0.3, -0.25) is 9.79 Å². The maximum Gasteiger partial charge on any atom is 0.302 e. The van der Waals surface area contributed by atoms with E-state index < -0.39 is 11.3 Å². The molecule has 8 heteroatoms. The topological polar surface area (TPSA) is 38.7 Å². The molecule has 1 heterocycles. The molecule has 0 amide bonds. The minimum atomic E-state index is -3.24. The summed E-state index contributed by atoms with van der Waals surface area (Å²) in [6.07, 6.45) is 0.636. The monoisotopic (exact) mass is 515 g/mol. The van der Waals surface area contributed by atoms with E-state index in [4.69, 9.17) is 27.9 Å². The number of rotatable bonds is 6. The van der Waals surface area contributed by atoms with E-state index in [2.05, 4.69) is 27.5 Å². The number of alkyl halides is 2. The predicted molar refractivity (Wildman–Crippen MR) is 119 cm³/mol. The molecule has 0 aromatic heterocycles. The average molecular weight is 517 g/mol. The van der Waals surface area contributed by atoms with Crippen molar-refractivity contribution in [3.05, 3.63) is 80.3 Å². The SMILES string of the molecule is C=CC(F)(F)C1(c2cc(Cl)cc(Cl)c2)CN=C(c2ccc(COC(C)=O)c(Br)c2)C1. The Hall–Kier alpha value is -1.76. The van der Waals surface area contributed by atoms with E-state index in [1.165, 1.54) is 25.1 Å². The molecule has 3 nitrogen and oxygen atoms in total. The molecular weight excluding hydrogens is 499 g/mol. The summed E-state index contributed by atoms with van der Waals surface area (Å²) in [6, 6.07) is 9.83. The van der Waals surface area contributed by atoms with E-state index >= 15 is 8.78 Å². The van der Waals surface area contributed by atoms with Gasteiger partial charge in [-0.25, -0.2) is 8.78 Å². The summed E-state index contributed by atoms with van der Waals surface area (Å²) in [7, 11) is 0. The maximum atomic E-state index is 15.1. The van der Waals surface area contributed by atoms with Gasteiger partial charge in [0.1, 0.15) is 6.61 Å². The maximum absolute atomic E-state index is 15.1. The van der Waals surface area contributed by atoms with E-state index in [1.54, 1.807) is 18.2 Å². The smallest absolute Gasteiger partial charge is 0.302 e. The minimum absolute atomic E-state index is 0.0155. The van der Waals surface area contributed by atoms with Gasteiger partial charge in [0.25, 0.3) is 5.92 Å². The molecule has 0 aliphatic carbocycles. The fourth-order valence-corrected chi connectivity index (χ4v) is 4.50. The van der Waals surface area contributed by atoms with Crippen molar-refractivity contribution < 1.29 is 18.3 Å². The van der Waals surface area contributed by atoms with Crippen LogP contribution < -0.4 is 0 Å². The first-order chi connectivity index (χ1) is 14.1. The molecule has 2 aromatic carbocycles. The average Bonchev–Trinajstić information content (AvgIpc) is 3.13. The van der Waals surface area contributed by atoms with E-state index in [-0.39, 0.29) is 35.6 Å². The molecule has 1 unspecified atom stereocenters. The Morgan fingerprint density at radius 1 is 1.30 bits per heavy atom. The van der Waals surface area contributed by atoms with Gasteiger partial charge in [0.15, 0.2) is 0 Å². The van der Waals surface area contributed by atoms with E-state index in [0.717, 1.165) is 5.56 Å². The lowest BCUT2D eigenvalue weighted by molar-refractivity contribution is -0.142. The van der Waals surface area contributed by atoms with Crippen LogP contribution in [-0.2, 0) is 21.6 Å². The summed E-state index contributed by atoms with van der Waals surface area (Å²) in [5, 5.41) is 0.561. The van der Waals surface area contributed by atoms with Gasteiger partial charge in [-0.2, -0.15) is 0 Å². The summed E-state index contributed by atoms with van der Waals surface area (Å²) in [4.78, 5) is 15.5. The Labute approximate surface area is 191 Å². The van der Waals surface area contributed by atoms with Crippen molar-refractivity contribution in [1.29, 1.82) is 0 Å². The molecule has 1 aliphatic rings. The van der Waals surface area contributed by atoms with E-state index in [9.17, 15) is 4.79 Å². The molecule has 0 N–H and O–H groups in total. The van der Waals surface area contributed by atoms with Crippen LogP contribution in [0.3, 0.4) is 0 Å². The normalized spacial score (nSPS) is 18.8. The molecule has 3 rings (SSSR count). The van der Waals surface area contributed by atoms with Crippen molar-refractivity contribution in [2.75, 3.05) is 6.54 Å². The van der Waals surface area contributed by atoms with Crippen molar-refractivity contribution in [1.82, 2.24) is 0 Å². The molecule has 30 heavy (non-hydrogen) atoms. The predicted octanol–water partition coefficient (Wildman–Crippen LogP) is 6.77. The van der Waals surface area contributed by atoms with E-state index in [0.29, 0.717) is 27.4 Å². The number of esters is 1. The first-order valence-electron chi connectivity index (χ1n) is 9.01. The summed E-state index contributed by atoms with van der Waals surface area (Å²) in [5.41, 5.74) is 0.670. The third kappa shape index (κ3) is 4.46. The lowest BCUT2D eigenvalue weighted by Crippen LogP contribution is -2.45. The quantitative estimate of drug-likeness (QED) is 0.314. The molecule has 1 aliphatic heterocycles. The molecule has 0 saturated carbocycles. The number of aliphatic imine (C=N–C) groups is 1. The van der Waals surface area contributed by atoms with Crippen LogP contribution in [0.25, 0.3) is 0 Å². The fraction of sp³-hybridized carbons (Fsp3) is 0.273. The number of hydrogen-bond acceptors (Lipinski definition) is 3. The number of carbonyl (C=O) groups is 1. The molecule has 0 saturated heterocycles. The molecule has 0 fully saturated rings. The molecule has 0 spiro atoms. The number of carbonyl (C=O) groups excluding carboxylic acids is 1. The van der Waals surface area contributed by atoms with Gasteiger partial charge in [0, 0.05) is 39.1 Å². The zero-order valence-corrected chi connectivity index (χ0v) is 19.1. The molecule has 0 bridgehead atoms. The van der Waals surface area contributed by atoms with Crippen LogP contribution in [0.15, 0.2) is 58.5 Å². The Morgan fingerprint density at radius 3 is 2.53 bits per heavy atom. The second kappa shape index (κ2) is 8.77. The third-order valence-corrected chi connectivity index (χ3v) is 6.31. The number of hydrogen-bond donors (Lipinski definition) is 0. The highest BCUT2D eigenvalue weighted by molar-refractivity contribution is 9.10. The zero-order valence-electron chi connectivity index (χ0n) is 16.0. The van der Waals surface area contributed by atoms with Gasteiger partial charge < -0.3 is 4.74 Å². The lowest BCUT2D eigenvalue weighted by Gasteiger charge is -2.35. The number of benzene rings is 2. The zero-order chi connectivity index (χ0) is 22.1. The molecule has 2 aromatic rings. The minimum Gasteiger partial charge on any atom is -0.461 e. The Bertz CT molecular complexity index is 1020. The second-order valence-corrected chi connectivity index (χ2v) is 8.82. The highest BCUT2D eigenvalue weighted by Gasteiger charge is 2.55. The summed E-state index contributed by atoms with van der Waals surface area (Å²) < 4.78 is 36.0. The number of nitrogens with zero attached hydrogens (tertiary/aromatic N) is 1. The van der Waals surface area contributed by atoms with Crippen molar-refractivity contribution in [2.24, 2.45) is 4.99 Å². The van der Waals surface area contributed by atoms with Gasteiger partial charge >= 0.3 is 5.97 Å². The van der Waals surface area contributed by atoms with Crippen molar-refractivity contribution >= 4 is 50.8 Å². The molecule has 1 atom stereocenters. The Balaban J connectivity index is 1.96. The summed E-state index contributed by atoms with van der Waals surface area (Å²) in [6.45, 7) is 4.64. The first-order valence-corrected chi connectivity index (χ1v) is 10.6. The van der Waals surface area contributed by atoms with Crippen molar-refractivity contribution in [3.63, 3.8) is 0 Å². The van der Waals surface area contributed by atoms with Crippen LogP contribution in [0.2, 0.25) is 10.0 Å². The van der Waals surface area contributed by atoms with Crippen LogP contribution in [0.5, 0.6) is 0 Å². The molecule has 0 radical (unpaired) electrons. The standard InChI is InChI=1S/C22H18BrCl2F2NO2/c1-3-22(26,27)21(16-7-17(24)9-18(25)8-16)10-20(28-12-21)14-4-5-15(19(23)6-14)11-30-13(2)29/h3-9H,1,10-12H2,2H3. The van der Waals surface area contributed by atoms with Gasteiger partial charge in [0.2, 0.25) is 0 Å². The van der Waals surface area contributed by atoms with Crippen LogP contribution in [-0.4, -0.2) is 24.1 Å². The van der Waals surface area contributed by atoms with Crippen LogP contribution >= 0.6 is 39.1 Å². The number of halogens is 5. The second-order valence-electron chi connectivity index (χ2n) is 7.09. The Kier molecular flexibility index (Phi) is 6.70. The lowest BCUT2D eigenvalue weighted by atomic mass is 9.72. The van der Waals surface area contributed by atoms with Crippen LogP contribution in [0.4, 0.5) is 8.78 Å². The Morgan fingerprint density at radius 2 is 1.97 bits per heavy atom. The number of allylic oxidation sites excluding steroid dienone is 1. The van der Waals surface area contributed by atoms with Gasteiger partial charge in [0.05, 0.1) is 12.0 Å². The fourth-order valence-electron chi connectivity index (χ4n) is 3.48. The highest BCUT2D eigenvalue weighted by atomic mass is 79.9. The molecule has 158 valence electrons. The number of ether oxygens (including phenoxy) is 1. The highest BCUT2D eigenvalue weighted by Crippen LogP contribution is 2.48. The van der Waals surface area contributed by atoms with Crippen LogP contribution in [0.1, 0.15) is 30.0 Å². The molecular formula is C22H18BrCl2F2NO2. The first kappa shape index (κ1) is 22.9. The summed E-state index contributed by atoms with van der Waals surface area (Å²) >= 11 is 15.6. The van der Waals surface area contributed by atoms with Gasteiger partial charge in [-0.05, 0) is 41.5 Å². The van der Waals surface area contributed by atoms with Gasteiger partial charge in [-0.1, -0.05) is 57.8 Å². The van der Waals surface area contributed by atoms with Crippen LogP contribution in [0, 0.1) is 0 Å². The van der Waals surface area contributed by atoms with Gasteiger partial charge in [-0.15, -0.1) is 0 Å². The third-order valence-electron chi connectivity index (χ3n) is 5.14. The van der Waals surface area contributed by atoms with E-state index in [1.807, 2.05) is 0 Å². The van der Waals surface area contributed by atoms with Crippen molar-refractivity contribution in [2.45, 2.75) is 31.3 Å².